The Hall–Kier alpha value is -2.62. The van der Waals surface area contributed by atoms with Crippen LogP contribution in [0.2, 0.25) is 0 Å². The molecule has 3 nitrogen and oxygen atoms in total. The molecule has 0 bridgehead atoms. The summed E-state index contributed by atoms with van der Waals surface area (Å²) in [5.41, 5.74) is 2.14. The molecule has 0 fully saturated rings. The topological polar surface area (TPSA) is 35.5 Å². The van der Waals surface area contributed by atoms with Gasteiger partial charge in [-0.3, -0.25) is 4.79 Å². The highest BCUT2D eigenvalue weighted by atomic mass is 19.1. The molecule has 0 atom stereocenters. The maximum atomic E-state index is 12.9. The molecule has 0 radical (unpaired) electrons. The second-order valence-corrected chi connectivity index (χ2v) is 6.04. The summed E-state index contributed by atoms with van der Waals surface area (Å²) in [5, 5.41) is 0. The van der Waals surface area contributed by atoms with E-state index < -0.39 is 0 Å². The lowest BCUT2D eigenvalue weighted by molar-refractivity contribution is -0.140. The van der Waals surface area contributed by atoms with E-state index in [0.717, 1.165) is 42.6 Å². The van der Waals surface area contributed by atoms with Crippen LogP contribution < -0.4 is 4.74 Å². The normalized spacial score (nSPS) is 10.8. The van der Waals surface area contributed by atoms with Crippen molar-refractivity contribution in [1.82, 2.24) is 0 Å². The number of carbonyl (C=O) groups excluding carboxylic acids is 1. The van der Waals surface area contributed by atoms with Gasteiger partial charge in [0.05, 0.1) is 13.7 Å². The number of carbonyl (C=O) groups is 1. The summed E-state index contributed by atoms with van der Waals surface area (Å²) in [5.74, 6) is 0.468. The highest BCUT2D eigenvalue weighted by molar-refractivity contribution is 5.68. The average Bonchev–Trinajstić information content (AvgIpc) is 2.66. The van der Waals surface area contributed by atoms with Crippen LogP contribution in [0.3, 0.4) is 0 Å². The van der Waals surface area contributed by atoms with Crippen molar-refractivity contribution >= 4 is 12.0 Å². The zero-order valence-electron chi connectivity index (χ0n) is 15.1. The fraction of sp³-hybridized carbons (Fsp3) is 0.318. The van der Waals surface area contributed by atoms with E-state index in [1.807, 2.05) is 24.3 Å². The monoisotopic (exact) mass is 356 g/mol. The number of halogens is 1. The molecule has 2 aromatic rings. The van der Waals surface area contributed by atoms with Gasteiger partial charge in [-0.25, -0.2) is 4.39 Å². The molecule has 0 amide bonds. The molecular formula is C22H25FO3. The molecule has 0 spiro atoms. The SMILES string of the molecule is COC(=O)CCCCCOc1cccc(CC=Cc2ccc(F)cc2)c1. The summed E-state index contributed by atoms with van der Waals surface area (Å²) >= 11 is 0. The predicted octanol–water partition coefficient (Wildman–Crippen LogP) is 5.19. The van der Waals surface area contributed by atoms with Crippen LogP contribution in [-0.2, 0) is 16.0 Å². The molecule has 4 heteroatoms. The Morgan fingerprint density at radius 2 is 1.88 bits per heavy atom. The van der Waals surface area contributed by atoms with Crippen molar-refractivity contribution in [2.24, 2.45) is 0 Å². The molecule has 0 aliphatic carbocycles. The van der Waals surface area contributed by atoms with E-state index in [-0.39, 0.29) is 11.8 Å². The minimum Gasteiger partial charge on any atom is -0.494 e. The number of allylic oxidation sites excluding steroid dienone is 1. The number of rotatable bonds is 10. The van der Waals surface area contributed by atoms with Gasteiger partial charge in [-0.2, -0.15) is 0 Å². The fourth-order valence-corrected chi connectivity index (χ4v) is 2.51. The summed E-state index contributed by atoms with van der Waals surface area (Å²) in [7, 11) is 1.41. The largest absolute Gasteiger partial charge is 0.494 e. The van der Waals surface area contributed by atoms with Crippen LogP contribution in [0.5, 0.6) is 5.75 Å². The molecule has 2 aromatic carbocycles. The van der Waals surface area contributed by atoms with Crippen LogP contribution in [0.4, 0.5) is 4.39 Å². The standard InChI is InChI=1S/C22H25FO3/c1-25-22(24)11-3-2-4-16-26-21-10-6-9-19(17-21)8-5-7-18-12-14-20(23)15-13-18/h5-7,9-10,12-15,17H,2-4,8,11,16H2,1H3. The van der Waals surface area contributed by atoms with Crippen molar-refractivity contribution in [3.8, 4) is 5.75 Å². The Morgan fingerprint density at radius 1 is 1.08 bits per heavy atom. The smallest absolute Gasteiger partial charge is 0.305 e. The van der Waals surface area contributed by atoms with E-state index in [1.54, 1.807) is 12.1 Å². The highest BCUT2D eigenvalue weighted by Crippen LogP contribution is 2.15. The Bertz CT molecular complexity index is 708. The third-order valence-corrected chi connectivity index (χ3v) is 3.95. The summed E-state index contributed by atoms with van der Waals surface area (Å²) < 4.78 is 23.3. The number of hydrogen-bond donors (Lipinski definition) is 0. The Labute approximate surface area is 154 Å². The van der Waals surface area contributed by atoms with Gasteiger partial charge in [-0.1, -0.05) is 36.4 Å². The third kappa shape index (κ3) is 7.51. The van der Waals surface area contributed by atoms with Gasteiger partial charge in [0, 0.05) is 6.42 Å². The molecule has 0 heterocycles. The van der Waals surface area contributed by atoms with Gasteiger partial charge in [-0.05, 0) is 61.1 Å². The van der Waals surface area contributed by atoms with Crippen molar-refractivity contribution in [3.05, 3.63) is 71.6 Å². The lowest BCUT2D eigenvalue weighted by atomic mass is 10.1. The average molecular weight is 356 g/mol. The molecule has 0 aromatic heterocycles. The summed E-state index contributed by atoms with van der Waals surface area (Å²) in [6.07, 6.45) is 7.96. The van der Waals surface area contributed by atoms with Gasteiger partial charge in [0.1, 0.15) is 11.6 Å². The van der Waals surface area contributed by atoms with Crippen LogP contribution in [0.15, 0.2) is 54.6 Å². The number of ether oxygens (including phenoxy) is 2. The van der Waals surface area contributed by atoms with E-state index in [0.29, 0.717) is 13.0 Å². The van der Waals surface area contributed by atoms with E-state index >= 15 is 0 Å². The quantitative estimate of drug-likeness (QED) is 0.434. The molecule has 2 rings (SSSR count). The molecule has 0 aliphatic heterocycles. The number of unbranched alkanes of at least 4 members (excludes halogenated alkanes) is 2. The van der Waals surface area contributed by atoms with Crippen LogP contribution >= 0.6 is 0 Å². The van der Waals surface area contributed by atoms with Gasteiger partial charge < -0.3 is 9.47 Å². The first-order valence-corrected chi connectivity index (χ1v) is 8.88. The van der Waals surface area contributed by atoms with Crippen molar-refractivity contribution in [1.29, 1.82) is 0 Å². The number of benzene rings is 2. The molecule has 0 unspecified atom stereocenters. The zero-order chi connectivity index (χ0) is 18.6. The lowest BCUT2D eigenvalue weighted by Crippen LogP contribution is -2.01. The van der Waals surface area contributed by atoms with E-state index in [1.165, 1.54) is 19.2 Å². The van der Waals surface area contributed by atoms with Gasteiger partial charge in [0.25, 0.3) is 0 Å². The Kier molecular flexibility index (Phi) is 8.40. The minimum absolute atomic E-state index is 0.160. The van der Waals surface area contributed by atoms with Gasteiger partial charge >= 0.3 is 5.97 Å². The van der Waals surface area contributed by atoms with Crippen molar-refractivity contribution < 1.29 is 18.7 Å². The first-order chi connectivity index (χ1) is 12.7. The number of methoxy groups -OCH3 is 1. The first-order valence-electron chi connectivity index (χ1n) is 8.88. The van der Waals surface area contributed by atoms with Crippen LogP contribution in [0, 0.1) is 5.82 Å². The first kappa shape index (κ1) is 19.7. The van der Waals surface area contributed by atoms with Crippen LogP contribution in [0.1, 0.15) is 36.8 Å². The molecule has 0 aliphatic rings. The summed E-state index contributed by atoms with van der Waals surface area (Å²) in [6, 6.07) is 14.4. The van der Waals surface area contributed by atoms with Gasteiger partial charge in [0.15, 0.2) is 0 Å². The molecule has 26 heavy (non-hydrogen) atoms. The predicted molar refractivity (Wildman–Crippen MR) is 102 cm³/mol. The zero-order valence-corrected chi connectivity index (χ0v) is 15.1. The number of esters is 1. The fourth-order valence-electron chi connectivity index (χ4n) is 2.51. The minimum atomic E-state index is -0.225. The Balaban J connectivity index is 1.71. The third-order valence-electron chi connectivity index (χ3n) is 3.95. The maximum Gasteiger partial charge on any atom is 0.305 e. The molecule has 0 saturated heterocycles. The second-order valence-electron chi connectivity index (χ2n) is 6.04. The Morgan fingerprint density at radius 3 is 2.65 bits per heavy atom. The second kappa shape index (κ2) is 11.1. The number of hydrogen-bond acceptors (Lipinski definition) is 3. The molecular weight excluding hydrogens is 331 g/mol. The molecule has 138 valence electrons. The maximum absolute atomic E-state index is 12.9. The molecule has 0 N–H and O–H groups in total. The summed E-state index contributed by atoms with van der Waals surface area (Å²) in [6.45, 7) is 0.635. The van der Waals surface area contributed by atoms with E-state index in [4.69, 9.17) is 4.74 Å². The van der Waals surface area contributed by atoms with E-state index in [2.05, 4.69) is 16.9 Å². The molecule has 0 saturated carbocycles. The highest BCUT2D eigenvalue weighted by Gasteiger charge is 2.00. The van der Waals surface area contributed by atoms with Crippen molar-refractivity contribution in [2.45, 2.75) is 32.1 Å². The van der Waals surface area contributed by atoms with Crippen LogP contribution in [0.25, 0.3) is 6.08 Å². The van der Waals surface area contributed by atoms with E-state index in [9.17, 15) is 9.18 Å². The lowest BCUT2D eigenvalue weighted by Gasteiger charge is -2.07. The summed E-state index contributed by atoms with van der Waals surface area (Å²) in [4.78, 5) is 11.0. The van der Waals surface area contributed by atoms with Gasteiger partial charge in [-0.15, -0.1) is 0 Å². The van der Waals surface area contributed by atoms with Crippen molar-refractivity contribution in [3.63, 3.8) is 0 Å². The van der Waals surface area contributed by atoms with Crippen LogP contribution in [-0.4, -0.2) is 19.7 Å². The van der Waals surface area contributed by atoms with Gasteiger partial charge in [0.2, 0.25) is 0 Å². The van der Waals surface area contributed by atoms with Crippen molar-refractivity contribution in [2.75, 3.05) is 13.7 Å².